The smallest absolute Gasteiger partial charge is 0.161 e. The van der Waals surface area contributed by atoms with Crippen LogP contribution in [0.15, 0.2) is 33.3 Å². The van der Waals surface area contributed by atoms with Gasteiger partial charge in [0.15, 0.2) is 5.78 Å². The van der Waals surface area contributed by atoms with E-state index in [0.29, 0.717) is 40.7 Å². The SMILES string of the molecule is [2H]C([2H])([2H])c1cc(CCC(=O)C2=C(Cl)C(Cl)=C(C)C2)cc(C)c1NCCN(C)C. The van der Waals surface area contributed by atoms with Crippen molar-refractivity contribution in [3.05, 3.63) is 50.0 Å². The zero-order valence-corrected chi connectivity index (χ0v) is 17.3. The number of carbonyl (C=O) groups is 1. The normalized spacial score (nSPS) is 16.8. The molecule has 1 N–H and O–H groups in total. The zero-order valence-electron chi connectivity index (χ0n) is 18.8. The van der Waals surface area contributed by atoms with Gasteiger partial charge in [-0.2, -0.15) is 0 Å². The number of anilines is 1. The molecule has 0 aromatic heterocycles. The van der Waals surface area contributed by atoms with Crippen LogP contribution < -0.4 is 5.32 Å². The molecule has 0 fully saturated rings. The van der Waals surface area contributed by atoms with Crippen molar-refractivity contribution in [3.63, 3.8) is 0 Å². The number of nitrogens with one attached hydrogen (secondary N) is 1. The number of hydrogen-bond acceptors (Lipinski definition) is 3. The van der Waals surface area contributed by atoms with Gasteiger partial charge in [-0.05, 0) is 69.9 Å². The summed E-state index contributed by atoms with van der Waals surface area (Å²) in [5, 5.41) is 4.06. The van der Waals surface area contributed by atoms with Crippen LogP contribution in [0.4, 0.5) is 5.69 Å². The predicted molar refractivity (Wildman–Crippen MR) is 112 cm³/mol. The van der Waals surface area contributed by atoms with Gasteiger partial charge in [0.2, 0.25) is 0 Å². The summed E-state index contributed by atoms with van der Waals surface area (Å²) >= 11 is 12.3. The van der Waals surface area contributed by atoms with Crippen LogP contribution in [0.3, 0.4) is 0 Å². The van der Waals surface area contributed by atoms with Gasteiger partial charge >= 0.3 is 0 Å². The van der Waals surface area contributed by atoms with E-state index in [2.05, 4.69) is 5.32 Å². The van der Waals surface area contributed by atoms with Crippen molar-refractivity contribution in [2.24, 2.45) is 0 Å². The summed E-state index contributed by atoms with van der Waals surface area (Å²) in [6, 6.07) is 3.63. The third kappa shape index (κ3) is 5.12. The minimum atomic E-state index is -2.24. The van der Waals surface area contributed by atoms with Crippen LogP contribution in [0.2, 0.25) is 0 Å². The Morgan fingerprint density at radius 3 is 2.50 bits per heavy atom. The summed E-state index contributed by atoms with van der Waals surface area (Å²) in [6.07, 6.45) is 1.19. The van der Waals surface area contributed by atoms with Gasteiger partial charge in [0, 0.05) is 34.9 Å². The monoisotopic (exact) mass is 397 g/mol. The highest BCUT2D eigenvalue weighted by Gasteiger charge is 2.24. The standard InChI is InChI=1S/C21H28Cl2N2O/c1-13-12-17(20(23)19(13)22)18(26)7-6-16-10-14(2)21(15(3)11-16)24-8-9-25(4)5/h10-11,24H,6-9,12H2,1-5H3/i2D3. The molecule has 0 spiro atoms. The molecular formula is C21H28Cl2N2O. The predicted octanol–water partition coefficient (Wildman–Crippen LogP) is 5.19. The lowest BCUT2D eigenvalue weighted by atomic mass is 9.97. The summed E-state index contributed by atoms with van der Waals surface area (Å²) < 4.78 is 23.8. The number of likely N-dealkylation sites (N-methyl/N-ethyl adjacent to an activating group) is 1. The molecule has 0 bridgehead atoms. The van der Waals surface area contributed by atoms with Crippen LogP contribution in [-0.2, 0) is 11.2 Å². The van der Waals surface area contributed by atoms with Gasteiger partial charge in [-0.1, -0.05) is 35.3 Å². The van der Waals surface area contributed by atoms with Crippen LogP contribution in [0, 0.1) is 13.8 Å². The van der Waals surface area contributed by atoms with Crippen molar-refractivity contribution in [3.8, 4) is 0 Å². The molecule has 1 aromatic rings. The van der Waals surface area contributed by atoms with E-state index >= 15 is 0 Å². The van der Waals surface area contributed by atoms with Crippen molar-refractivity contribution >= 4 is 34.7 Å². The molecular weight excluding hydrogens is 367 g/mol. The van der Waals surface area contributed by atoms with Crippen molar-refractivity contribution in [1.82, 2.24) is 4.90 Å². The van der Waals surface area contributed by atoms with Crippen LogP contribution >= 0.6 is 23.2 Å². The first kappa shape index (κ1) is 16.9. The van der Waals surface area contributed by atoms with Crippen LogP contribution in [-0.4, -0.2) is 37.9 Å². The second kappa shape index (κ2) is 9.07. The van der Waals surface area contributed by atoms with Gasteiger partial charge in [0.1, 0.15) is 0 Å². The molecule has 3 nitrogen and oxygen atoms in total. The van der Waals surface area contributed by atoms with Gasteiger partial charge < -0.3 is 10.2 Å². The molecule has 0 unspecified atom stereocenters. The number of ketones is 1. The largest absolute Gasteiger partial charge is 0.383 e. The minimum absolute atomic E-state index is 0.0497. The molecule has 26 heavy (non-hydrogen) atoms. The molecule has 0 atom stereocenters. The summed E-state index contributed by atoms with van der Waals surface area (Å²) in [6.45, 7) is 2.95. The first-order valence-electron chi connectivity index (χ1n) is 10.2. The average molecular weight is 398 g/mol. The fourth-order valence-electron chi connectivity index (χ4n) is 3.02. The molecule has 0 amide bonds. The van der Waals surface area contributed by atoms with E-state index in [-0.39, 0.29) is 17.8 Å². The summed E-state index contributed by atoms with van der Waals surface area (Å²) in [5.41, 5.74) is 4.06. The van der Waals surface area contributed by atoms with E-state index < -0.39 is 6.85 Å². The first-order chi connectivity index (χ1) is 13.4. The molecule has 0 heterocycles. The molecule has 1 aliphatic rings. The van der Waals surface area contributed by atoms with Gasteiger partial charge in [0.25, 0.3) is 0 Å². The Labute approximate surface area is 171 Å². The topological polar surface area (TPSA) is 32.3 Å². The highest BCUT2D eigenvalue weighted by atomic mass is 35.5. The number of carbonyl (C=O) groups excluding carboxylic acids is 1. The Hall–Kier alpha value is -1.29. The Balaban J connectivity index is 2.18. The number of halogens is 2. The number of rotatable bonds is 8. The molecule has 0 saturated heterocycles. The number of benzene rings is 1. The van der Waals surface area contributed by atoms with Crippen LogP contribution in [0.5, 0.6) is 0 Å². The molecule has 142 valence electrons. The lowest BCUT2D eigenvalue weighted by Crippen LogP contribution is -2.21. The zero-order chi connectivity index (χ0) is 21.9. The average Bonchev–Trinajstić information content (AvgIpc) is 2.87. The highest BCUT2D eigenvalue weighted by molar-refractivity contribution is 6.46. The van der Waals surface area contributed by atoms with E-state index in [0.717, 1.165) is 23.2 Å². The Kier molecular flexibility index (Phi) is 5.88. The molecule has 1 aliphatic carbocycles. The van der Waals surface area contributed by atoms with Crippen molar-refractivity contribution in [2.75, 3.05) is 32.5 Å². The van der Waals surface area contributed by atoms with E-state index in [1.165, 1.54) is 0 Å². The van der Waals surface area contributed by atoms with E-state index in [9.17, 15) is 4.79 Å². The van der Waals surface area contributed by atoms with E-state index in [1.54, 1.807) is 6.07 Å². The van der Waals surface area contributed by atoms with E-state index in [1.807, 2.05) is 38.9 Å². The molecule has 0 radical (unpaired) electrons. The Morgan fingerprint density at radius 1 is 1.23 bits per heavy atom. The summed E-state index contributed by atoms with van der Waals surface area (Å²) in [4.78, 5) is 14.6. The number of Topliss-reactive ketones (excluding diaryl/α,β-unsaturated/α-hetero) is 1. The van der Waals surface area contributed by atoms with Crippen molar-refractivity contribution in [2.45, 2.75) is 40.0 Å². The fraction of sp³-hybridized carbons (Fsp3) is 0.476. The maximum Gasteiger partial charge on any atom is 0.161 e. The Morgan fingerprint density at radius 2 is 1.92 bits per heavy atom. The lowest BCUT2D eigenvalue weighted by Gasteiger charge is -2.16. The molecule has 5 heteroatoms. The van der Waals surface area contributed by atoms with Gasteiger partial charge in [0.05, 0.1) is 10.1 Å². The lowest BCUT2D eigenvalue weighted by molar-refractivity contribution is -0.115. The number of aryl methyl sites for hydroxylation is 3. The number of allylic oxidation sites excluding steroid dienone is 4. The molecule has 0 aliphatic heterocycles. The minimum Gasteiger partial charge on any atom is -0.383 e. The first-order valence-corrected chi connectivity index (χ1v) is 9.47. The second-order valence-electron chi connectivity index (χ2n) is 7.05. The molecule has 2 rings (SSSR count). The fourth-order valence-corrected chi connectivity index (χ4v) is 3.53. The van der Waals surface area contributed by atoms with E-state index in [4.69, 9.17) is 27.3 Å². The maximum absolute atomic E-state index is 12.6. The highest BCUT2D eigenvalue weighted by Crippen LogP contribution is 2.38. The number of nitrogens with zero attached hydrogens (tertiary/aromatic N) is 1. The maximum atomic E-state index is 12.6. The van der Waals surface area contributed by atoms with Crippen LogP contribution in [0.25, 0.3) is 0 Å². The number of hydrogen-bond donors (Lipinski definition) is 1. The van der Waals surface area contributed by atoms with Gasteiger partial charge in [-0.15, -0.1) is 0 Å². The molecule has 1 aromatic carbocycles. The van der Waals surface area contributed by atoms with Gasteiger partial charge in [-0.25, -0.2) is 0 Å². The Bertz CT molecular complexity index is 858. The van der Waals surface area contributed by atoms with Crippen molar-refractivity contribution in [1.29, 1.82) is 0 Å². The third-order valence-electron chi connectivity index (χ3n) is 4.51. The summed E-state index contributed by atoms with van der Waals surface area (Å²) in [5.74, 6) is -0.0497. The van der Waals surface area contributed by atoms with Gasteiger partial charge in [-0.3, -0.25) is 4.79 Å². The second-order valence-corrected chi connectivity index (χ2v) is 7.81. The van der Waals surface area contributed by atoms with Crippen molar-refractivity contribution < 1.29 is 8.91 Å². The van der Waals surface area contributed by atoms with Crippen LogP contribution in [0.1, 0.15) is 40.6 Å². The third-order valence-corrected chi connectivity index (χ3v) is 5.53. The quantitative estimate of drug-likeness (QED) is 0.654. The summed E-state index contributed by atoms with van der Waals surface area (Å²) in [7, 11) is 3.94. The molecule has 0 saturated carbocycles.